The fourth-order valence-electron chi connectivity index (χ4n) is 2.51. The van der Waals surface area contributed by atoms with Gasteiger partial charge in [0.15, 0.2) is 6.04 Å². The zero-order valence-corrected chi connectivity index (χ0v) is 14.7. The molecule has 1 heterocycles. The molecule has 1 unspecified atom stereocenters. The maximum absolute atomic E-state index is 12.6. The molecule has 0 saturated heterocycles. The Morgan fingerprint density at radius 3 is 2.73 bits per heavy atom. The predicted octanol–water partition coefficient (Wildman–Crippen LogP) is 2.21. The van der Waals surface area contributed by atoms with Crippen molar-refractivity contribution in [3.63, 3.8) is 0 Å². The molecule has 0 spiro atoms. The van der Waals surface area contributed by atoms with Crippen molar-refractivity contribution in [3.8, 4) is 5.69 Å². The minimum atomic E-state index is -1.16. The van der Waals surface area contributed by atoms with Crippen LogP contribution in [-0.2, 0) is 16.0 Å². The van der Waals surface area contributed by atoms with Crippen molar-refractivity contribution in [1.29, 1.82) is 0 Å². The predicted molar refractivity (Wildman–Crippen MR) is 97.5 cm³/mol. The van der Waals surface area contributed by atoms with E-state index in [1.165, 1.54) is 12.3 Å². The fourth-order valence-corrected chi connectivity index (χ4v) is 2.51. The molecular weight excluding hydrogens is 334 g/mol. The molecule has 0 radical (unpaired) electrons. The molecule has 2 N–H and O–H groups in total. The van der Waals surface area contributed by atoms with Crippen LogP contribution in [0.5, 0.6) is 0 Å². The molecule has 0 saturated carbocycles. The maximum Gasteiger partial charge on any atom is 0.328 e. The zero-order valence-electron chi connectivity index (χ0n) is 14.7. The summed E-state index contributed by atoms with van der Waals surface area (Å²) < 4.78 is 6.87. The van der Waals surface area contributed by atoms with Crippen molar-refractivity contribution in [1.82, 2.24) is 15.1 Å². The second kappa shape index (κ2) is 9.53. The Bertz CT molecular complexity index is 755. The van der Waals surface area contributed by atoms with Gasteiger partial charge in [0.05, 0.1) is 36.4 Å². The van der Waals surface area contributed by atoms with Gasteiger partial charge < -0.3 is 15.2 Å². The lowest BCUT2D eigenvalue weighted by Gasteiger charge is -2.15. The highest BCUT2D eigenvalue weighted by atomic mass is 16.5. The summed E-state index contributed by atoms with van der Waals surface area (Å²) in [4.78, 5) is 24.0. The molecule has 2 aromatic rings. The highest BCUT2D eigenvalue weighted by molar-refractivity contribution is 5.97. The van der Waals surface area contributed by atoms with E-state index in [-0.39, 0.29) is 13.2 Å². The van der Waals surface area contributed by atoms with E-state index >= 15 is 0 Å². The van der Waals surface area contributed by atoms with Gasteiger partial charge in [0.1, 0.15) is 0 Å². The molecule has 1 amide bonds. The quantitative estimate of drug-likeness (QED) is 0.502. The number of nitrogens with one attached hydrogen (secondary N) is 1. The van der Waals surface area contributed by atoms with Crippen LogP contribution in [0, 0.1) is 0 Å². The molecule has 7 nitrogen and oxygen atoms in total. The van der Waals surface area contributed by atoms with Crippen molar-refractivity contribution < 1.29 is 19.4 Å². The number of rotatable bonds is 10. The standard InChI is InChI=1S/C19H23N3O4/c1-3-8-17-15(12-20-22(17)14-9-6-5-7-10-14)18(23)21-16(19(24)25)13-26-11-4-2/h4-7,9-10,12,16H,2-3,8,11,13H2,1H3,(H,21,23)(H,24,25). The summed E-state index contributed by atoms with van der Waals surface area (Å²) in [6.45, 7) is 5.59. The number of nitrogens with zero attached hydrogens (tertiary/aromatic N) is 2. The third-order valence-corrected chi connectivity index (χ3v) is 3.72. The highest BCUT2D eigenvalue weighted by Gasteiger charge is 2.24. The Morgan fingerprint density at radius 2 is 2.12 bits per heavy atom. The molecule has 0 aliphatic rings. The molecule has 1 aromatic heterocycles. The number of benzene rings is 1. The first-order valence-corrected chi connectivity index (χ1v) is 8.43. The van der Waals surface area contributed by atoms with E-state index in [4.69, 9.17) is 4.74 Å². The molecule has 1 atom stereocenters. The van der Waals surface area contributed by atoms with Crippen molar-refractivity contribution in [2.45, 2.75) is 25.8 Å². The van der Waals surface area contributed by atoms with E-state index < -0.39 is 17.9 Å². The molecule has 0 bridgehead atoms. The van der Waals surface area contributed by atoms with Crippen LogP contribution >= 0.6 is 0 Å². The van der Waals surface area contributed by atoms with Crippen molar-refractivity contribution >= 4 is 11.9 Å². The van der Waals surface area contributed by atoms with E-state index in [2.05, 4.69) is 17.0 Å². The molecule has 0 aliphatic carbocycles. The SMILES string of the molecule is C=CCOCC(NC(=O)c1cnn(-c2ccccc2)c1CCC)C(=O)O. The van der Waals surface area contributed by atoms with Gasteiger partial charge in [0.2, 0.25) is 0 Å². The number of para-hydroxylation sites is 1. The van der Waals surface area contributed by atoms with Gasteiger partial charge in [-0.05, 0) is 18.6 Å². The summed E-state index contributed by atoms with van der Waals surface area (Å²) in [6, 6.07) is 8.35. The van der Waals surface area contributed by atoms with Crippen molar-refractivity contribution in [2.75, 3.05) is 13.2 Å². The number of hydrogen-bond donors (Lipinski definition) is 2. The number of carbonyl (C=O) groups excluding carboxylic acids is 1. The Hall–Kier alpha value is -2.93. The first-order chi connectivity index (χ1) is 12.6. The Kier molecular flexibility index (Phi) is 7.11. The molecule has 138 valence electrons. The molecule has 2 rings (SSSR count). The van der Waals surface area contributed by atoms with Gasteiger partial charge in [-0.15, -0.1) is 6.58 Å². The van der Waals surface area contributed by atoms with E-state index in [1.54, 1.807) is 4.68 Å². The lowest BCUT2D eigenvalue weighted by Crippen LogP contribution is -2.44. The number of amides is 1. The van der Waals surface area contributed by atoms with Crippen LogP contribution in [0.1, 0.15) is 29.4 Å². The van der Waals surface area contributed by atoms with Gasteiger partial charge in [0, 0.05) is 0 Å². The average molecular weight is 357 g/mol. The van der Waals surface area contributed by atoms with Gasteiger partial charge in [-0.3, -0.25) is 4.79 Å². The third-order valence-electron chi connectivity index (χ3n) is 3.72. The van der Waals surface area contributed by atoms with E-state index in [1.807, 2.05) is 37.3 Å². The molecule has 0 aliphatic heterocycles. The Balaban J connectivity index is 2.23. The van der Waals surface area contributed by atoms with Crippen LogP contribution in [-0.4, -0.2) is 46.0 Å². The van der Waals surface area contributed by atoms with E-state index in [0.717, 1.165) is 17.8 Å². The summed E-state index contributed by atoms with van der Waals surface area (Å²) in [7, 11) is 0. The molecule has 0 fully saturated rings. The summed E-state index contributed by atoms with van der Waals surface area (Å²) >= 11 is 0. The fraction of sp³-hybridized carbons (Fsp3) is 0.316. The lowest BCUT2D eigenvalue weighted by atomic mass is 10.1. The summed E-state index contributed by atoms with van der Waals surface area (Å²) in [5, 5.41) is 16.1. The second-order valence-electron chi connectivity index (χ2n) is 5.69. The topological polar surface area (TPSA) is 93.5 Å². The normalized spacial score (nSPS) is 11.7. The number of hydrogen-bond acceptors (Lipinski definition) is 4. The van der Waals surface area contributed by atoms with E-state index in [9.17, 15) is 14.7 Å². The van der Waals surface area contributed by atoms with Gasteiger partial charge in [-0.25, -0.2) is 9.48 Å². The number of ether oxygens (including phenoxy) is 1. The van der Waals surface area contributed by atoms with Gasteiger partial charge in [-0.1, -0.05) is 37.6 Å². The number of carboxylic acids is 1. The molecule has 26 heavy (non-hydrogen) atoms. The van der Waals surface area contributed by atoms with Crippen LogP contribution < -0.4 is 5.32 Å². The summed E-state index contributed by atoms with van der Waals surface area (Å²) in [5.41, 5.74) is 1.96. The number of carbonyl (C=O) groups is 2. The number of aromatic nitrogens is 2. The van der Waals surface area contributed by atoms with Crippen LogP contribution in [0.2, 0.25) is 0 Å². The lowest BCUT2D eigenvalue weighted by molar-refractivity contribution is -0.140. The van der Waals surface area contributed by atoms with Crippen LogP contribution in [0.25, 0.3) is 5.69 Å². The molecule has 1 aromatic carbocycles. The third kappa shape index (κ3) is 4.80. The maximum atomic E-state index is 12.6. The first-order valence-electron chi connectivity index (χ1n) is 8.43. The minimum Gasteiger partial charge on any atom is -0.480 e. The van der Waals surface area contributed by atoms with Gasteiger partial charge in [0.25, 0.3) is 5.91 Å². The molecule has 7 heteroatoms. The van der Waals surface area contributed by atoms with Crippen molar-refractivity contribution in [2.24, 2.45) is 0 Å². The summed E-state index contributed by atoms with van der Waals surface area (Å²) in [6.07, 6.45) is 4.45. The van der Waals surface area contributed by atoms with Gasteiger partial charge in [-0.2, -0.15) is 5.10 Å². The first kappa shape index (κ1) is 19.4. The largest absolute Gasteiger partial charge is 0.480 e. The minimum absolute atomic E-state index is 0.136. The van der Waals surface area contributed by atoms with Crippen LogP contribution in [0.15, 0.2) is 49.2 Å². The molecular formula is C19H23N3O4. The number of aliphatic carboxylic acids is 1. The Labute approximate surface area is 152 Å². The number of carboxylic acid groups (broad SMARTS) is 1. The van der Waals surface area contributed by atoms with E-state index in [0.29, 0.717) is 12.0 Å². The average Bonchev–Trinajstić information content (AvgIpc) is 3.05. The Morgan fingerprint density at radius 1 is 1.38 bits per heavy atom. The second-order valence-corrected chi connectivity index (χ2v) is 5.69. The van der Waals surface area contributed by atoms with Crippen LogP contribution in [0.3, 0.4) is 0 Å². The van der Waals surface area contributed by atoms with Crippen LogP contribution in [0.4, 0.5) is 0 Å². The monoisotopic (exact) mass is 357 g/mol. The highest BCUT2D eigenvalue weighted by Crippen LogP contribution is 2.17. The summed E-state index contributed by atoms with van der Waals surface area (Å²) in [5.74, 6) is -1.64. The zero-order chi connectivity index (χ0) is 18.9. The van der Waals surface area contributed by atoms with Gasteiger partial charge >= 0.3 is 5.97 Å². The smallest absolute Gasteiger partial charge is 0.328 e. The van der Waals surface area contributed by atoms with Crippen molar-refractivity contribution in [3.05, 3.63) is 60.4 Å².